The van der Waals surface area contributed by atoms with Gasteiger partial charge in [-0.2, -0.15) is 0 Å². The van der Waals surface area contributed by atoms with Crippen LogP contribution in [0.3, 0.4) is 0 Å². The number of hydrogen-bond acceptors (Lipinski definition) is 7. The van der Waals surface area contributed by atoms with E-state index in [0.29, 0.717) is 30.3 Å². The highest BCUT2D eigenvalue weighted by Crippen LogP contribution is 2.38. The monoisotopic (exact) mass is 793 g/mol. The van der Waals surface area contributed by atoms with Crippen LogP contribution in [-0.2, 0) is 18.4 Å². The van der Waals surface area contributed by atoms with Gasteiger partial charge < -0.3 is 34.0 Å². The number of aliphatic hydroxyl groups is 2. The zero-order valence-electron chi connectivity index (χ0n) is 35.5. The number of likely N-dealkylation sites (N-methyl/N-ethyl adjacent to an activating group) is 1. The number of nitrogens with one attached hydrogen (secondary N) is 1. The maximum Gasteiger partial charge on any atom is 0.268 e. The van der Waals surface area contributed by atoms with Crippen molar-refractivity contribution in [2.24, 2.45) is 0 Å². The number of carbonyl (C=O) groups is 1. The summed E-state index contributed by atoms with van der Waals surface area (Å²) in [6, 6.07) is -1.11. The Morgan fingerprint density at radius 2 is 1.18 bits per heavy atom. The second kappa shape index (κ2) is 36.3. The van der Waals surface area contributed by atoms with Gasteiger partial charge in [0.1, 0.15) is 19.3 Å². The Bertz CT molecular complexity index is 1140. The number of rotatable bonds is 37. The summed E-state index contributed by atoms with van der Waals surface area (Å²) >= 11 is 0. The van der Waals surface area contributed by atoms with E-state index >= 15 is 0 Å². The third-order valence-corrected chi connectivity index (χ3v) is 10.0. The predicted octanol–water partition coefficient (Wildman–Crippen LogP) is 9.97. The van der Waals surface area contributed by atoms with Gasteiger partial charge in [0.05, 0.1) is 39.9 Å². The molecule has 0 aliphatic carbocycles. The Labute approximate surface area is 336 Å². The number of unbranched alkanes of at least 4 members (excludes halogenated alkanes) is 12. The maximum absolute atomic E-state index is 12.9. The van der Waals surface area contributed by atoms with Gasteiger partial charge in [0, 0.05) is 6.42 Å². The maximum atomic E-state index is 12.9. The third-order valence-electron chi connectivity index (χ3n) is 9.06. The number of aliphatic hydroxyl groups excluding tert-OH is 2. The smallest absolute Gasteiger partial charge is 0.268 e. The lowest BCUT2D eigenvalue weighted by Crippen LogP contribution is -2.51. The lowest BCUT2D eigenvalue weighted by molar-refractivity contribution is -0.870. The summed E-state index contributed by atoms with van der Waals surface area (Å²) < 4.78 is 23.1. The molecule has 4 atom stereocenters. The van der Waals surface area contributed by atoms with Crippen molar-refractivity contribution in [3.63, 3.8) is 0 Å². The fourth-order valence-electron chi connectivity index (χ4n) is 5.59. The van der Waals surface area contributed by atoms with Crippen molar-refractivity contribution in [3.8, 4) is 0 Å². The van der Waals surface area contributed by atoms with Crippen molar-refractivity contribution in [3.05, 3.63) is 72.9 Å². The summed E-state index contributed by atoms with van der Waals surface area (Å²) in [4.78, 5) is 25.3. The largest absolute Gasteiger partial charge is 0.756 e. The SMILES string of the molecule is C/C=C/CC/C=C/CC/C=C/CCCC(O)C(O)C(COP(=O)([O-])OCC[N+](C)(C)C)NC(=O)CCCCCCCC/C=C\C/C=C\C/C=C\CCCCC. The number of nitrogens with zero attached hydrogens (tertiary/aromatic N) is 1. The molecule has 0 bridgehead atoms. The van der Waals surface area contributed by atoms with Gasteiger partial charge in [0.25, 0.3) is 7.82 Å². The molecule has 55 heavy (non-hydrogen) atoms. The van der Waals surface area contributed by atoms with Crippen LogP contribution in [0.4, 0.5) is 0 Å². The van der Waals surface area contributed by atoms with Gasteiger partial charge in [0.15, 0.2) is 0 Å². The van der Waals surface area contributed by atoms with Crippen LogP contribution >= 0.6 is 7.82 Å². The Kier molecular flexibility index (Phi) is 34.9. The summed E-state index contributed by atoms with van der Waals surface area (Å²) in [5, 5.41) is 24.5. The van der Waals surface area contributed by atoms with Crippen molar-refractivity contribution >= 4 is 13.7 Å². The summed E-state index contributed by atoms with van der Waals surface area (Å²) in [5.74, 6) is -0.312. The Hall–Kier alpha value is -2.10. The van der Waals surface area contributed by atoms with Crippen molar-refractivity contribution in [2.45, 2.75) is 167 Å². The minimum Gasteiger partial charge on any atom is -0.756 e. The Morgan fingerprint density at radius 3 is 1.76 bits per heavy atom. The first-order chi connectivity index (χ1) is 26.4. The molecule has 0 aliphatic heterocycles. The number of quaternary nitrogens is 1. The normalized spacial score (nSPS) is 15.7. The highest BCUT2D eigenvalue weighted by molar-refractivity contribution is 7.45. The molecule has 1 amide bonds. The molecule has 0 heterocycles. The molecule has 0 aliphatic rings. The average molecular weight is 793 g/mol. The van der Waals surface area contributed by atoms with E-state index in [1.807, 2.05) is 28.1 Å². The number of hydrogen-bond donors (Lipinski definition) is 3. The van der Waals surface area contributed by atoms with Crippen LogP contribution in [0.15, 0.2) is 72.9 Å². The molecule has 0 aromatic carbocycles. The average Bonchev–Trinajstić information content (AvgIpc) is 3.13. The van der Waals surface area contributed by atoms with E-state index in [-0.39, 0.29) is 18.9 Å². The number of phosphoric ester groups is 1. The number of carbonyl (C=O) groups excluding carboxylic acids is 1. The van der Waals surface area contributed by atoms with Gasteiger partial charge in [-0.3, -0.25) is 9.36 Å². The van der Waals surface area contributed by atoms with Crippen LogP contribution in [0.2, 0.25) is 0 Å². The van der Waals surface area contributed by atoms with Gasteiger partial charge in [0.2, 0.25) is 5.91 Å². The highest BCUT2D eigenvalue weighted by atomic mass is 31.2. The van der Waals surface area contributed by atoms with Crippen LogP contribution in [0, 0.1) is 0 Å². The molecule has 0 saturated heterocycles. The summed E-state index contributed by atoms with van der Waals surface area (Å²) in [5.41, 5.74) is 0. The van der Waals surface area contributed by atoms with E-state index in [2.05, 4.69) is 85.2 Å². The molecular formula is C45H81N2O7P. The predicted molar refractivity (Wildman–Crippen MR) is 229 cm³/mol. The molecule has 0 rings (SSSR count). The topological polar surface area (TPSA) is 128 Å². The van der Waals surface area contributed by atoms with Gasteiger partial charge in [-0.05, 0) is 96.8 Å². The van der Waals surface area contributed by atoms with Gasteiger partial charge >= 0.3 is 0 Å². The lowest BCUT2D eigenvalue weighted by atomic mass is 10.0. The molecule has 0 spiro atoms. The molecule has 318 valence electrons. The molecule has 0 aromatic rings. The van der Waals surface area contributed by atoms with E-state index in [0.717, 1.165) is 83.5 Å². The van der Waals surface area contributed by atoms with Gasteiger partial charge in [-0.15, -0.1) is 0 Å². The Balaban J connectivity index is 4.60. The van der Waals surface area contributed by atoms with Crippen LogP contribution in [0.1, 0.15) is 149 Å². The number of phosphoric acid groups is 1. The Morgan fingerprint density at radius 1 is 0.691 bits per heavy atom. The van der Waals surface area contributed by atoms with Gasteiger partial charge in [-0.1, -0.05) is 118 Å². The van der Waals surface area contributed by atoms with Crippen LogP contribution < -0.4 is 10.2 Å². The third kappa shape index (κ3) is 37.3. The molecule has 3 N–H and O–H groups in total. The molecule has 0 radical (unpaired) electrons. The highest BCUT2D eigenvalue weighted by Gasteiger charge is 2.29. The second-order valence-electron chi connectivity index (χ2n) is 15.5. The molecule has 0 fully saturated rings. The molecule has 9 nitrogen and oxygen atoms in total. The van der Waals surface area contributed by atoms with Crippen molar-refractivity contribution in [2.75, 3.05) is 40.9 Å². The molecule has 0 saturated carbocycles. The van der Waals surface area contributed by atoms with Crippen molar-refractivity contribution in [1.29, 1.82) is 0 Å². The minimum absolute atomic E-state index is 0.0568. The van der Waals surface area contributed by atoms with Gasteiger partial charge in [-0.25, -0.2) is 0 Å². The van der Waals surface area contributed by atoms with E-state index < -0.39 is 32.7 Å². The molecule has 10 heteroatoms. The first kappa shape index (κ1) is 52.9. The zero-order valence-corrected chi connectivity index (χ0v) is 36.4. The second-order valence-corrected chi connectivity index (χ2v) is 16.9. The van der Waals surface area contributed by atoms with Crippen LogP contribution in [-0.4, -0.2) is 79.8 Å². The fraction of sp³-hybridized carbons (Fsp3) is 0.711. The zero-order chi connectivity index (χ0) is 40.9. The number of amides is 1. The van der Waals surface area contributed by atoms with E-state index in [4.69, 9.17) is 9.05 Å². The van der Waals surface area contributed by atoms with Crippen molar-refractivity contribution < 1.29 is 38.0 Å². The van der Waals surface area contributed by atoms with Crippen molar-refractivity contribution in [1.82, 2.24) is 5.32 Å². The first-order valence-corrected chi connectivity index (χ1v) is 22.8. The summed E-state index contributed by atoms with van der Waals surface area (Å²) in [7, 11) is 1.07. The quantitative estimate of drug-likeness (QED) is 0.0247. The van der Waals surface area contributed by atoms with Crippen LogP contribution in [0.25, 0.3) is 0 Å². The summed E-state index contributed by atoms with van der Waals surface area (Å²) in [6.45, 7) is 4.12. The molecule has 0 aromatic heterocycles. The van der Waals surface area contributed by atoms with E-state index in [1.165, 1.54) is 25.7 Å². The fourth-order valence-corrected chi connectivity index (χ4v) is 6.31. The molecular weight excluding hydrogens is 711 g/mol. The van der Waals surface area contributed by atoms with E-state index in [1.54, 1.807) is 0 Å². The summed E-state index contributed by atoms with van der Waals surface area (Å²) in [6.07, 6.45) is 43.8. The number of allylic oxidation sites excluding steroid dienone is 12. The first-order valence-electron chi connectivity index (χ1n) is 21.3. The minimum atomic E-state index is -4.68. The molecule has 4 unspecified atom stereocenters. The lowest BCUT2D eigenvalue weighted by Gasteiger charge is -2.31. The standard InChI is InChI=1S/C45H81N2O7P/c1-6-8-10-12-14-16-18-20-21-22-23-24-25-26-28-30-32-34-36-38-44(49)46-42(41-54-55(51,52)53-40-39-47(3,4)5)45(50)43(48)37-35-33-31-29-27-19-17-15-13-11-9-7-2/h7,9,14-17,20-21,23-24,29,31,42-43,45,48,50H,6,8,10-13,18-19,22,25-28,30,32-41H2,1-5H3,(H-,46,49,51,52)/b9-7+,16-14-,17-15+,21-20-,24-23-,31-29+. The van der Waals surface area contributed by atoms with E-state index in [9.17, 15) is 24.5 Å². The van der Waals surface area contributed by atoms with Crippen LogP contribution in [0.5, 0.6) is 0 Å².